The van der Waals surface area contributed by atoms with Gasteiger partial charge in [-0.1, -0.05) is 0 Å². The van der Waals surface area contributed by atoms with Gasteiger partial charge in [0.05, 0.1) is 70.4 Å². The van der Waals surface area contributed by atoms with E-state index >= 15 is 0 Å². The maximum absolute atomic E-state index is 12.4. The van der Waals surface area contributed by atoms with Gasteiger partial charge in [-0.05, 0) is 136 Å². The van der Waals surface area contributed by atoms with E-state index in [1.807, 2.05) is 0 Å². The van der Waals surface area contributed by atoms with Crippen molar-refractivity contribution in [3.63, 3.8) is 0 Å². The molecule has 1 saturated heterocycles. The van der Waals surface area contributed by atoms with Crippen LogP contribution in [0.15, 0.2) is 97.1 Å². The third-order valence-corrected chi connectivity index (χ3v) is 8.76. The van der Waals surface area contributed by atoms with Crippen molar-refractivity contribution < 1.29 is 52.2 Å². The molecule has 1 fully saturated rings. The molecule has 0 aliphatic carbocycles. The number of hydrogen-bond donors (Lipinski definition) is 0. The Kier molecular flexibility index (Phi) is 16.0. The molecule has 5 rings (SSSR count). The lowest BCUT2D eigenvalue weighted by atomic mass is 9.88. The Morgan fingerprint density at radius 1 is 0.481 bits per heavy atom. The van der Waals surface area contributed by atoms with Gasteiger partial charge in [0.1, 0.15) is 34.5 Å². The van der Waals surface area contributed by atoms with Crippen molar-refractivity contribution in [2.24, 2.45) is 5.41 Å². The quantitative estimate of drug-likeness (QED) is 0.0395. The molecule has 11 nitrogen and oxygen atoms in total. The van der Waals surface area contributed by atoms with Crippen LogP contribution in [-0.4, -0.2) is 79.0 Å². The molecule has 288 valence electrons. The highest BCUT2D eigenvalue weighted by Crippen LogP contribution is 2.29. The van der Waals surface area contributed by atoms with Gasteiger partial charge >= 0.3 is 11.9 Å². The van der Waals surface area contributed by atoms with E-state index in [2.05, 4.69) is 0 Å². The molecule has 54 heavy (non-hydrogen) atoms. The fourth-order valence-electron chi connectivity index (χ4n) is 5.52. The van der Waals surface area contributed by atoms with Crippen LogP contribution in [0.3, 0.4) is 0 Å². The van der Waals surface area contributed by atoms with Crippen LogP contribution < -0.4 is 28.4 Å². The molecular formula is C43H50O11. The zero-order valence-electron chi connectivity index (χ0n) is 31.1. The minimum Gasteiger partial charge on any atom is -0.497 e. The standard InChI is InChI=1S/C43H50O11/c1-46-35-17-21-39(22-18-35)53-41(44)33-9-13-37(14-10-33)51-27-7-3-5-25-48-29-43(31-50-32-43)30-49-26-6-4-8-28-52-38-15-11-34(12-16-38)42(45)54-40-23-19-36(47-2)20-24-40/h9-24H,3-8,25-32H2,1-2H3. The van der Waals surface area contributed by atoms with Crippen LogP contribution in [0, 0.1) is 5.41 Å². The number of carbonyl (C=O) groups excluding carboxylic acids is 2. The van der Waals surface area contributed by atoms with Gasteiger partial charge in [0.25, 0.3) is 0 Å². The molecule has 0 atom stereocenters. The lowest BCUT2D eigenvalue weighted by Gasteiger charge is -2.40. The van der Waals surface area contributed by atoms with E-state index in [-0.39, 0.29) is 5.41 Å². The monoisotopic (exact) mass is 742 g/mol. The number of rotatable bonds is 24. The number of unbranched alkanes of at least 4 members (excludes halogenated alkanes) is 4. The molecule has 0 bridgehead atoms. The molecule has 4 aromatic carbocycles. The zero-order valence-corrected chi connectivity index (χ0v) is 31.1. The molecule has 0 aromatic heterocycles. The molecule has 0 amide bonds. The summed E-state index contributed by atoms with van der Waals surface area (Å²) in [4.78, 5) is 24.8. The molecule has 4 aromatic rings. The Morgan fingerprint density at radius 2 is 0.833 bits per heavy atom. The van der Waals surface area contributed by atoms with Gasteiger partial charge in [-0.2, -0.15) is 0 Å². The fourth-order valence-corrected chi connectivity index (χ4v) is 5.52. The molecule has 1 heterocycles. The van der Waals surface area contributed by atoms with E-state index in [1.54, 1.807) is 111 Å². The first-order valence-electron chi connectivity index (χ1n) is 18.4. The number of methoxy groups -OCH3 is 2. The molecule has 1 aliphatic heterocycles. The van der Waals surface area contributed by atoms with Crippen LogP contribution in [0.25, 0.3) is 0 Å². The van der Waals surface area contributed by atoms with E-state index in [4.69, 9.17) is 42.6 Å². The molecule has 11 heteroatoms. The predicted molar refractivity (Wildman–Crippen MR) is 202 cm³/mol. The van der Waals surface area contributed by atoms with E-state index in [0.717, 1.165) is 38.5 Å². The molecule has 0 unspecified atom stereocenters. The number of carbonyl (C=O) groups is 2. The summed E-state index contributed by atoms with van der Waals surface area (Å²) in [5.74, 6) is 2.86. The zero-order chi connectivity index (χ0) is 37.9. The predicted octanol–water partition coefficient (Wildman–Crippen LogP) is 7.99. The topological polar surface area (TPSA) is 117 Å². The highest BCUT2D eigenvalue weighted by molar-refractivity contribution is 5.91. The molecule has 0 spiro atoms. The summed E-state index contributed by atoms with van der Waals surface area (Å²) in [6.07, 6.45) is 5.67. The van der Waals surface area contributed by atoms with Crippen molar-refractivity contribution in [2.75, 3.05) is 67.1 Å². The van der Waals surface area contributed by atoms with Crippen molar-refractivity contribution in [1.29, 1.82) is 0 Å². The second kappa shape index (κ2) is 21.6. The van der Waals surface area contributed by atoms with Gasteiger partial charge < -0.3 is 42.6 Å². The second-order valence-corrected chi connectivity index (χ2v) is 13.1. The number of benzene rings is 4. The van der Waals surface area contributed by atoms with Crippen LogP contribution in [0.2, 0.25) is 0 Å². The minimum atomic E-state index is -0.429. The first kappa shape index (κ1) is 40.1. The third kappa shape index (κ3) is 13.1. The Morgan fingerprint density at radius 3 is 1.19 bits per heavy atom. The van der Waals surface area contributed by atoms with Gasteiger partial charge in [-0.15, -0.1) is 0 Å². The Labute approximate surface area is 317 Å². The summed E-state index contributed by atoms with van der Waals surface area (Å²) in [7, 11) is 3.17. The van der Waals surface area contributed by atoms with Crippen molar-refractivity contribution in [3.05, 3.63) is 108 Å². The van der Waals surface area contributed by atoms with Crippen LogP contribution in [0.4, 0.5) is 0 Å². The van der Waals surface area contributed by atoms with Crippen LogP contribution in [0.1, 0.15) is 59.2 Å². The van der Waals surface area contributed by atoms with Crippen molar-refractivity contribution in [2.45, 2.75) is 38.5 Å². The van der Waals surface area contributed by atoms with Crippen LogP contribution >= 0.6 is 0 Å². The smallest absolute Gasteiger partial charge is 0.343 e. The lowest BCUT2D eigenvalue weighted by Crippen LogP contribution is -2.49. The van der Waals surface area contributed by atoms with Gasteiger partial charge in [-0.3, -0.25) is 0 Å². The largest absolute Gasteiger partial charge is 0.497 e. The summed E-state index contributed by atoms with van der Waals surface area (Å²) in [5.41, 5.74) is 0.837. The first-order chi connectivity index (χ1) is 26.4. The molecular weight excluding hydrogens is 692 g/mol. The lowest BCUT2D eigenvalue weighted by molar-refractivity contribution is -0.178. The Hall–Kier alpha value is -5.10. The average molecular weight is 743 g/mol. The Bertz CT molecular complexity index is 1560. The molecule has 0 N–H and O–H groups in total. The van der Waals surface area contributed by atoms with Gasteiger partial charge in [0.15, 0.2) is 0 Å². The van der Waals surface area contributed by atoms with Gasteiger partial charge in [0, 0.05) is 13.2 Å². The van der Waals surface area contributed by atoms with E-state index in [9.17, 15) is 9.59 Å². The highest BCUT2D eigenvalue weighted by Gasteiger charge is 2.39. The van der Waals surface area contributed by atoms with Gasteiger partial charge in [0.2, 0.25) is 0 Å². The highest BCUT2D eigenvalue weighted by atomic mass is 16.5. The van der Waals surface area contributed by atoms with Crippen molar-refractivity contribution in [3.8, 4) is 34.5 Å². The summed E-state index contributed by atoms with van der Waals surface area (Å²) in [6, 6.07) is 27.6. The minimum absolute atomic E-state index is 0.0628. The van der Waals surface area contributed by atoms with Crippen LogP contribution in [-0.2, 0) is 14.2 Å². The molecule has 0 radical (unpaired) electrons. The normalized spacial score (nSPS) is 13.0. The SMILES string of the molecule is COc1ccc(OC(=O)c2ccc(OCCCCCOCC3(COCCCCCOc4ccc(C(=O)Oc5ccc(OC)cc5)cc4)COC3)cc2)cc1. The summed E-state index contributed by atoms with van der Waals surface area (Å²) in [6.45, 7) is 5.11. The van der Waals surface area contributed by atoms with E-state index < -0.39 is 11.9 Å². The number of esters is 2. The second-order valence-electron chi connectivity index (χ2n) is 13.1. The van der Waals surface area contributed by atoms with Crippen LogP contribution in [0.5, 0.6) is 34.5 Å². The maximum atomic E-state index is 12.4. The summed E-state index contributed by atoms with van der Waals surface area (Å²) >= 11 is 0. The first-order valence-corrected chi connectivity index (χ1v) is 18.4. The van der Waals surface area contributed by atoms with Crippen molar-refractivity contribution >= 4 is 11.9 Å². The van der Waals surface area contributed by atoms with Crippen molar-refractivity contribution in [1.82, 2.24) is 0 Å². The summed E-state index contributed by atoms with van der Waals surface area (Å²) in [5, 5.41) is 0. The average Bonchev–Trinajstić information content (AvgIpc) is 3.19. The molecule has 0 saturated carbocycles. The summed E-state index contributed by atoms with van der Waals surface area (Å²) < 4.78 is 50.3. The molecule has 1 aliphatic rings. The number of hydrogen-bond acceptors (Lipinski definition) is 11. The van der Waals surface area contributed by atoms with Gasteiger partial charge in [-0.25, -0.2) is 9.59 Å². The van der Waals surface area contributed by atoms with E-state index in [1.165, 1.54) is 0 Å². The fraction of sp³-hybridized carbons (Fsp3) is 0.395. The maximum Gasteiger partial charge on any atom is 0.343 e. The third-order valence-electron chi connectivity index (χ3n) is 8.76. The van der Waals surface area contributed by atoms with E-state index in [0.29, 0.717) is 98.5 Å². The number of ether oxygens (including phenoxy) is 9. The Balaban J connectivity index is 0.843.